The maximum atomic E-state index is 13.1. The van der Waals surface area contributed by atoms with Gasteiger partial charge in [-0.2, -0.15) is 0 Å². The van der Waals surface area contributed by atoms with Crippen LogP contribution >= 0.6 is 0 Å². The van der Waals surface area contributed by atoms with Crippen LogP contribution in [0.15, 0.2) is 12.2 Å². The van der Waals surface area contributed by atoms with Gasteiger partial charge < -0.3 is 20.3 Å². The van der Waals surface area contributed by atoms with Gasteiger partial charge in [-0.25, -0.2) is 0 Å². The van der Waals surface area contributed by atoms with Crippen molar-refractivity contribution in [3.8, 4) is 0 Å². The monoisotopic (exact) mass is 736 g/mol. The van der Waals surface area contributed by atoms with Crippen LogP contribution in [0.4, 0.5) is 0 Å². The zero-order valence-corrected chi connectivity index (χ0v) is 35.0. The Labute approximate surface area is 323 Å². The lowest BCUT2D eigenvalue weighted by molar-refractivity contribution is -0.151. The fraction of sp³-hybridized carbons (Fsp3) is 0.913. The van der Waals surface area contributed by atoms with Gasteiger partial charge in [0.25, 0.3) is 0 Å². The number of amides is 1. The molecule has 0 rings (SSSR count). The summed E-state index contributed by atoms with van der Waals surface area (Å²) in [5.74, 6) is -0.481. The average Bonchev–Trinajstić information content (AvgIpc) is 3.13. The van der Waals surface area contributed by atoms with Crippen LogP contribution in [0.1, 0.15) is 245 Å². The van der Waals surface area contributed by atoms with E-state index in [1.54, 1.807) is 0 Å². The molecular weight excluding hydrogens is 647 g/mol. The number of unbranched alkanes of at least 4 members (excludes halogenated alkanes) is 27. The Morgan fingerprint density at radius 2 is 0.923 bits per heavy atom. The van der Waals surface area contributed by atoms with Crippen LogP contribution < -0.4 is 5.32 Å². The van der Waals surface area contributed by atoms with Crippen molar-refractivity contribution in [2.24, 2.45) is 0 Å². The van der Waals surface area contributed by atoms with Gasteiger partial charge in [0, 0.05) is 6.42 Å². The number of hydrogen-bond donors (Lipinski definition) is 3. The second kappa shape index (κ2) is 40.8. The standard InChI is InChI=1S/C46H89NO5/c1-4-7-10-13-16-19-22-23-24-27-30-33-36-39-46(51)52-42(37-34-31-28-25-20-17-14-11-8-5-2)40-45(50)47-43(41-48)44(49)38-35-32-29-26-21-18-15-12-9-6-3/h17,20,42-44,48-49H,4-16,18-19,21-41H2,1-3H3,(H,47,50)/b20-17-. The van der Waals surface area contributed by atoms with E-state index in [4.69, 9.17) is 4.74 Å². The summed E-state index contributed by atoms with van der Waals surface area (Å²) in [5, 5.41) is 23.6. The zero-order valence-electron chi connectivity index (χ0n) is 35.0. The lowest BCUT2D eigenvalue weighted by Crippen LogP contribution is -2.46. The predicted octanol–water partition coefficient (Wildman–Crippen LogP) is 13.0. The van der Waals surface area contributed by atoms with E-state index >= 15 is 0 Å². The molecule has 0 aromatic carbocycles. The number of ether oxygens (including phenoxy) is 1. The van der Waals surface area contributed by atoms with Gasteiger partial charge in [-0.15, -0.1) is 0 Å². The zero-order chi connectivity index (χ0) is 38.2. The minimum absolute atomic E-state index is 0.0726. The Morgan fingerprint density at radius 3 is 1.40 bits per heavy atom. The summed E-state index contributed by atoms with van der Waals surface area (Å²) in [6, 6.07) is -0.697. The van der Waals surface area contributed by atoms with Crippen molar-refractivity contribution >= 4 is 11.9 Å². The van der Waals surface area contributed by atoms with E-state index < -0.39 is 18.2 Å². The van der Waals surface area contributed by atoms with Crippen molar-refractivity contribution in [3.05, 3.63) is 12.2 Å². The summed E-state index contributed by atoms with van der Waals surface area (Å²) in [6.07, 6.45) is 42.7. The van der Waals surface area contributed by atoms with Crippen LogP contribution in [0.3, 0.4) is 0 Å². The summed E-state index contributed by atoms with van der Waals surface area (Å²) < 4.78 is 5.89. The third kappa shape index (κ3) is 35.6. The lowest BCUT2D eigenvalue weighted by atomic mass is 10.0. The fourth-order valence-electron chi connectivity index (χ4n) is 7.07. The molecule has 0 aromatic heterocycles. The molecule has 52 heavy (non-hydrogen) atoms. The second-order valence-corrected chi connectivity index (χ2v) is 15.8. The molecule has 0 bridgehead atoms. The molecule has 0 radical (unpaired) electrons. The summed E-state index contributed by atoms with van der Waals surface area (Å²) in [5.41, 5.74) is 0. The van der Waals surface area contributed by atoms with Gasteiger partial charge in [-0.3, -0.25) is 9.59 Å². The molecule has 0 aliphatic rings. The topological polar surface area (TPSA) is 95.9 Å². The molecule has 3 unspecified atom stereocenters. The molecule has 0 fully saturated rings. The Balaban J connectivity index is 4.55. The lowest BCUT2D eigenvalue weighted by Gasteiger charge is -2.24. The van der Waals surface area contributed by atoms with E-state index in [0.717, 1.165) is 70.6 Å². The van der Waals surface area contributed by atoms with E-state index in [-0.39, 0.29) is 24.9 Å². The normalized spacial score (nSPS) is 13.4. The third-order valence-electron chi connectivity index (χ3n) is 10.6. The summed E-state index contributed by atoms with van der Waals surface area (Å²) in [7, 11) is 0. The van der Waals surface area contributed by atoms with Crippen molar-refractivity contribution in [1.82, 2.24) is 5.32 Å². The van der Waals surface area contributed by atoms with Gasteiger partial charge in [-0.05, 0) is 51.4 Å². The minimum atomic E-state index is -0.783. The molecule has 6 heteroatoms. The maximum absolute atomic E-state index is 13.1. The van der Waals surface area contributed by atoms with Gasteiger partial charge in [0.2, 0.25) is 5.91 Å². The Kier molecular flexibility index (Phi) is 39.7. The molecule has 0 aliphatic heterocycles. The average molecular weight is 736 g/mol. The maximum Gasteiger partial charge on any atom is 0.306 e. The van der Waals surface area contributed by atoms with Crippen LogP contribution in [0.5, 0.6) is 0 Å². The number of aliphatic hydroxyl groups is 2. The molecule has 0 aliphatic carbocycles. The van der Waals surface area contributed by atoms with Crippen molar-refractivity contribution < 1.29 is 24.5 Å². The predicted molar refractivity (Wildman–Crippen MR) is 223 cm³/mol. The highest BCUT2D eigenvalue weighted by molar-refractivity contribution is 5.77. The number of hydrogen-bond acceptors (Lipinski definition) is 5. The molecule has 0 aromatic rings. The van der Waals surface area contributed by atoms with Crippen LogP contribution in [0.25, 0.3) is 0 Å². The molecule has 6 nitrogen and oxygen atoms in total. The Morgan fingerprint density at radius 1 is 0.538 bits per heavy atom. The van der Waals surface area contributed by atoms with Gasteiger partial charge in [0.1, 0.15) is 6.10 Å². The van der Waals surface area contributed by atoms with E-state index in [2.05, 4.69) is 38.2 Å². The third-order valence-corrected chi connectivity index (χ3v) is 10.6. The van der Waals surface area contributed by atoms with Gasteiger partial charge in [-0.1, -0.05) is 193 Å². The van der Waals surface area contributed by atoms with Gasteiger partial charge in [0.15, 0.2) is 0 Å². The van der Waals surface area contributed by atoms with E-state index in [1.807, 2.05) is 0 Å². The van der Waals surface area contributed by atoms with E-state index in [9.17, 15) is 19.8 Å². The number of carbonyl (C=O) groups is 2. The number of aliphatic hydroxyl groups excluding tert-OH is 2. The first-order valence-corrected chi connectivity index (χ1v) is 22.9. The molecule has 0 spiro atoms. The summed E-state index contributed by atoms with van der Waals surface area (Å²) in [6.45, 7) is 6.43. The molecule has 3 atom stereocenters. The molecule has 0 saturated carbocycles. The SMILES string of the molecule is CCCCC/C=C\CCCCCC(CC(=O)NC(CO)C(O)CCCCCCCCCCCC)OC(=O)CCCCCCCCCCCCCCC. The number of rotatable bonds is 41. The van der Waals surface area contributed by atoms with Crippen molar-refractivity contribution in [2.75, 3.05) is 6.61 Å². The Bertz CT molecular complexity index is 787. The van der Waals surface area contributed by atoms with Gasteiger partial charge in [0.05, 0.1) is 25.2 Å². The van der Waals surface area contributed by atoms with Crippen molar-refractivity contribution in [2.45, 2.75) is 264 Å². The van der Waals surface area contributed by atoms with Crippen LogP contribution in [0, 0.1) is 0 Å². The van der Waals surface area contributed by atoms with Crippen LogP contribution in [0.2, 0.25) is 0 Å². The molecule has 3 N–H and O–H groups in total. The molecule has 1 amide bonds. The van der Waals surface area contributed by atoms with Crippen molar-refractivity contribution in [3.63, 3.8) is 0 Å². The largest absolute Gasteiger partial charge is 0.462 e. The molecule has 308 valence electrons. The first-order valence-electron chi connectivity index (χ1n) is 22.9. The number of esters is 1. The van der Waals surface area contributed by atoms with Crippen molar-refractivity contribution in [1.29, 1.82) is 0 Å². The summed E-state index contributed by atoms with van der Waals surface area (Å²) in [4.78, 5) is 25.9. The first kappa shape index (κ1) is 50.6. The summed E-state index contributed by atoms with van der Waals surface area (Å²) >= 11 is 0. The van der Waals surface area contributed by atoms with E-state index in [1.165, 1.54) is 128 Å². The molecule has 0 heterocycles. The molecule has 0 saturated heterocycles. The molecular formula is C46H89NO5. The Hall–Kier alpha value is -1.40. The van der Waals surface area contributed by atoms with E-state index in [0.29, 0.717) is 19.3 Å². The van der Waals surface area contributed by atoms with Crippen LogP contribution in [-0.2, 0) is 14.3 Å². The quantitative estimate of drug-likeness (QED) is 0.0330. The number of allylic oxidation sites excluding steroid dienone is 2. The smallest absolute Gasteiger partial charge is 0.306 e. The van der Waals surface area contributed by atoms with Crippen LogP contribution in [-0.4, -0.2) is 46.9 Å². The number of nitrogens with one attached hydrogen (secondary N) is 1. The highest BCUT2D eigenvalue weighted by atomic mass is 16.5. The second-order valence-electron chi connectivity index (χ2n) is 15.8. The first-order chi connectivity index (χ1) is 25.5. The number of carbonyl (C=O) groups excluding carboxylic acids is 2. The highest BCUT2D eigenvalue weighted by Crippen LogP contribution is 2.17. The fourth-order valence-corrected chi connectivity index (χ4v) is 7.07. The minimum Gasteiger partial charge on any atom is -0.462 e. The highest BCUT2D eigenvalue weighted by Gasteiger charge is 2.24. The van der Waals surface area contributed by atoms with Gasteiger partial charge >= 0.3 is 5.97 Å².